The van der Waals surface area contributed by atoms with Gasteiger partial charge >= 0.3 is 0 Å². The van der Waals surface area contributed by atoms with Gasteiger partial charge in [-0.25, -0.2) is 0 Å². The van der Waals surface area contributed by atoms with E-state index in [1.807, 2.05) is 13.0 Å². The molecule has 102 valence electrons. The van der Waals surface area contributed by atoms with E-state index in [0.29, 0.717) is 0 Å². The van der Waals surface area contributed by atoms with Crippen molar-refractivity contribution in [2.24, 2.45) is 0 Å². The van der Waals surface area contributed by atoms with Crippen molar-refractivity contribution in [2.75, 3.05) is 5.88 Å². The normalized spacial score (nSPS) is 11.9. The lowest BCUT2D eigenvalue weighted by Crippen LogP contribution is -2.33. The monoisotopic (exact) mass is 269 g/mol. The Hall–Kier alpha value is -0.760. The highest BCUT2D eigenvalue weighted by molar-refractivity contribution is 6.30. The van der Waals surface area contributed by atoms with Gasteiger partial charge in [0.1, 0.15) is 0 Å². The highest BCUT2D eigenvalue weighted by Gasteiger charge is 2.30. The van der Waals surface area contributed by atoms with E-state index in [0.717, 1.165) is 36.2 Å². The van der Waals surface area contributed by atoms with Crippen molar-refractivity contribution in [3.63, 3.8) is 0 Å². The van der Waals surface area contributed by atoms with Crippen LogP contribution in [-0.2, 0) is 5.54 Å². The lowest BCUT2D eigenvalue weighted by molar-refractivity contribution is 0.102. The zero-order valence-corrected chi connectivity index (χ0v) is 12.9. The Balaban J connectivity index is 3.41. The molecule has 2 nitrogen and oxygen atoms in total. The van der Waals surface area contributed by atoms with Crippen molar-refractivity contribution in [2.45, 2.75) is 59.4 Å². The molecule has 0 aliphatic heterocycles. The third kappa shape index (κ3) is 2.35. The molecule has 18 heavy (non-hydrogen) atoms. The van der Waals surface area contributed by atoms with Crippen LogP contribution >= 0.6 is 11.6 Å². The van der Waals surface area contributed by atoms with Gasteiger partial charge in [-0.05, 0) is 39.2 Å². The van der Waals surface area contributed by atoms with Crippen LogP contribution in [0.1, 0.15) is 61.8 Å². The van der Waals surface area contributed by atoms with E-state index in [9.17, 15) is 4.79 Å². The van der Waals surface area contributed by atoms with Crippen LogP contribution in [0.5, 0.6) is 0 Å². The molecular weight excluding hydrogens is 246 g/mol. The summed E-state index contributed by atoms with van der Waals surface area (Å²) in [5, 5.41) is 0. The van der Waals surface area contributed by atoms with E-state index < -0.39 is 0 Å². The molecule has 1 aromatic heterocycles. The van der Waals surface area contributed by atoms with E-state index in [4.69, 9.17) is 11.6 Å². The first kappa shape index (κ1) is 15.3. The van der Waals surface area contributed by atoms with Crippen molar-refractivity contribution in [1.82, 2.24) is 4.57 Å². The number of alkyl halides is 1. The van der Waals surface area contributed by atoms with Crippen LogP contribution in [0.2, 0.25) is 0 Å². The first-order valence-corrected chi connectivity index (χ1v) is 7.29. The molecular formula is C15H24ClNO. The quantitative estimate of drug-likeness (QED) is 0.552. The third-order valence-electron chi connectivity index (χ3n) is 4.30. The fourth-order valence-electron chi connectivity index (χ4n) is 3.07. The molecule has 1 rings (SSSR count). The highest BCUT2D eigenvalue weighted by atomic mass is 35.5. The van der Waals surface area contributed by atoms with Gasteiger partial charge in [0.25, 0.3) is 0 Å². The summed E-state index contributed by atoms with van der Waals surface area (Å²) >= 11 is 5.68. The molecule has 0 spiro atoms. The van der Waals surface area contributed by atoms with Gasteiger partial charge in [-0.3, -0.25) is 4.79 Å². The maximum atomic E-state index is 11.8. The van der Waals surface area contributed by atoms with Gasteiger partial charge < -0.3 is 4.57 Å². The Morgan fingerprint density at radius 1 is 1.22 bits per heavy atom. The maximum Gasteiger partial charge on any atom is 0.179 e. The second-order valence-electron chi connectivity index (χ2n) is 4.96. The number of carbonyl (C=O) groups is 1. The largest absolute Gasteiger partial charge is 0.342 e. The molecule has 0 bridgehead atoms. The topological polar surface area (TPSA) is 22.0 Å². The van der Waals surface area contributed by atoms with Crippen molar-refractivity contribution in [1.29, 1.82) is 0 Å². The highest BCUT2D eigenvalue weighted by Crippen LogP contribution is 2.34. The van der Waals surface area contributed by atoms with Crippen molar-refractivity contribution in [3.05, 3.63) is 23.0 Å². The molecule has 0 aromatic carbocycles. The summed E-state index contributed by atoms with van der Waals surface area (Å²) in [6, 6.07) is 1.98. The summed E-state index contributed by atoms with van der Waals surface area (Å²) in [6.07, 6.45) is 3.22. The molecule has 0 atom stereocenters. The van der Waals surface area contributed by atoms with Crippen LogP contribution in [-0.4, -0.2) is 16.2 Å². The molecule has 1 aromatic rings. The molecule has 0 saturated carbocycles. The van der Waals surface area contributed by atoms with E-state index in [-0.39, 0.29) is 17.2 Å². The summed E-state index contributed by atoms with van der Waals surface area (Å²) in [6.45, 7) is 10.8. The van der Waals surface area contributed by atoms with Crippen LogP contribution in [0.15, 0.2) is 6.07 Å². The Morgan fingerprint density at radius 2 is 1.72 bits per heavy atom. The van der Waals surface area contributed by atoms with Crippen LogP contribution < -0.4 is 0 Å². The van der Waals surface area contributed by atoms with Crippen LogP contribution in [0, 0.1) is 13.8 Å². The van der Waals surface area contributed by atoms with Crippen molar-refractivity contribution >= 4 is 17.4 Å². The first-order chi connectivity index (χ1) is 8.47. The Bertz CT molecular complexity index is 422. The second-order valence-corrected chi connectivity index (χ2v) is 5.23. The van der Waals surface area contributed by atoms with Gasteiger partial charge in [0, 0.05) is 22.5 Å². The standard InChI is InChI=1S/C15H24ClNO/c1-6-15(7-2,8-3)17-11(4)9-13(12(17)5)14(18)10-16/h9H,6-8,10H2,1-5H3. The molecule has 0 unspecified atom stereocenters. The summed E-state index contributed by atoms with van der Waals surface area (Å²) in [5.41, 5.74) is 3.12. The summed E-state index contributed by atoms with van der Waals surface area (Å²) in [4.78, 5) is 11.8. The molecule has 0 aliphatic rings. The smallest absolute Gasteiger partial charge is 0.179 e. The fraction of sp³-hybridized carbons (Fsp3) is 0.667. The average molecular weight is 270 g/mol. The summed E-state index contributed by atoms with van der Waals surface area (Å²) in [5.74, 6) is 0.0787. The predicted octanol–water partition coefficient (Wildman–Crippen LogP) is 4.45. The molecule has 1 heterocycles. The number of aromatic nitrogens is 1. The SMILES string of the molecule is CCC(CC)(CC)n1c(C)cc(C(=O)CCl)c1C. The van der Waals surface area contributed by atoms with Gasteiger partial charge in [0.05, 0.1) is 5.88 Å². The van der Waals surface area contributed by atoms with E-state index >= 15 is 0 Å². The van der Waals surface area contributed by atoms with Crippen LogP contribution in [0.3, 0.4) is 0 Å². The van der Waals surface area contributed by atoms with E-state index in [2.05, 4.69) is 32.3 Å². The first-order valence-electron chi connectivity index (χ1n) is 6.76. The summed E-state index contributed by atoms with van der Waals surface area (Å²) < 4.78 is 2.34. The van der Waals surface area contributed by atoms with Crippen LogP contribution in [0.4, 0.5) is 0 Å². The molecule has 3 heteroatoms. The van der Waals surface area contributed by atoms with Gasteiger partial charge in [-0.1, -0.05) is 20.8 Å². The number of nitrogens with zero attached hydrogens (tertiary/aromatic N) is 1. The van der Waals surface area contributed by atoms with Gasteiger partial charge in [-0.2, -0.15) is 0 Å². The average Bonchev–Trinajstić information content (AvgIpc) is 2.69. The number of hydrogen-bond acceptors (Lipinski definition) is 1. The molecule has 0 saturated heterocycles. The Morgan fingerprint density at radius 3 is 2.11 bits per heavy atom. The maximum absolute atomic E-state index is 11.8. The lowest BCUT2D eigenvalue weighted by Gasteiger charge is -2.35. The number of hydrogen-bond donors (Lipinski definition) is 0. The number of ketones is 1. The summed E-state index contributed by atoms with van der Waals surface area (Å²) in [7, 11) is 0. The van der Waals surface area contributed by atoms with Gasteiger partial charge in [0.15, 0.2) is 5.78 Å². The Labute approximate surface area is 115 Å². The van der Waals surface area contributed by atoms with E-state index in [1.54, 1.807) is 0 Å². The van der Waals surface area contributed by atoms with Crippen molar-refractivity contribution < 1.29 is 4.79 Å². The Kier molecular flexibility index (Phi) is 5.03. The van der Waals surface area contributed by atoms with Crippen molar-refractivity contribution in [3.8, 4) is 0 Å². The molecule has 0 radical (unpaired) electrons. The predicted molar refractivity (Wildman–Crippen MR) is 77.8 cm³/mol. The number of rotatable bonds is 6. The molecule has 0 fully saturated rings. The molecule has 0 aliphatic carbocycles. The minimum absolute atomic E-state index is 0.0215. The minimum Gasteiger partial charge on any atom is -0.342 e. The van der Waals surface area contributed by atoms with Gasteiger partial charge in [0.2, 0.25) is 0 Å². The zero-order chi connectivity index (χ0) is 13.9. The zero-order valence-electron chi connectivity index (χ0n) is 12.1. The number of aryl methyl sites for hydroxylation is 1. The van der Waals surface area contributed by atoms with Gasteiger partial charge in [-0.15, -0.1) is 11.6 Å². The minimum atomic E-state index is 0.0215. The van der Waals surface area contributed by atoms with Crippen LogP contribution in [0.25, 0.3) is 0 Å². The number of halogens is 1. The van der Waals surface area contributed by atoms with E-state index in [1.165, 1.54) is 0 Å². The number of carbonyl (C=O) groups excluding carboxylic acids is 1. The molecule has 0 N–H and O–H groups in total. The number of Topliss-reactive ketones (excluding diaryl/α,β-unsaturated/α-hetero) is 1. The fourth-order valence-corrected chi connectivity index (χ4v) is 3.22. The molecule has 0 amide bonds. The third-order valence-corrected chi connectivity index (χ3v) is 4.54. The second kappa shape index (κ2) is 5.92. The lowest BCUT2D eigenvalue weighted by atomic mass is 9.89.